The highest BCUT2D eigenvalue weighted by Gasteiger charge is 2.22. The van der Waals surface area contributed by atoms with E-state index in [4.69, 9.17) is 9.97 Å². The summed E-state index contributed by atoms with van der Waals surface area (Å²) in [6.45, 7) is 8.70. The number of aryl methyl sites for hydroxylation is 4. The summed E-state index contributed by atoms with van der Waals surface area (Å²) in [4.78, 5) is 10.8. The molecular formula is C58H44N2. The van der Waals surface area contributed by atoms with Gasteiger partial charge in [-0.25, -0.2) is 4.98 Å². The lowest BCUT2D eigenvalue weighted by atomic mass is 9.85. The fourth-order valence-corrected chi connectivity index (χ4v) is 8.89. The number of hydrogen-bond acceptors (Lipinski definition) is 2. The number of fused-ring (bicyclic) bond motifs is 2. The zero-order chi connectivity index (χ0) is 40.7. The molecule has 60 heavy (non-hydrogen) atoms. The highest BCUT2D eigenvalue weighted by atomic mass is 14.7. The molecule has 10 aromatic rings. The number of rotatable bonds is 7. The maximum Gasteiger partial charge on any atom is 0.0796 e. The van der Waals surface area contributed by atoms with Gasteiger partial charge in [-0.05, 0) is 113 Å². The predicted octanol–water partition coefficient (Wildman–Crippen LogP) is 15.7. The van der Waals surface area contributed by atoms with Crippen LogP contribution >= 0.6 is 0 Å². The van der Waals surface area contributed by atoms with Gasteiger partial charge in [-0.2, -0.15) is 0 Å². The van der Waals surface area contributed by atoms with E-state index in [1.54, 1.807) is 0 Å². The van der Waals surface area contributed by atoms with E-state index in [1.165, 1.54) is 44.5 Å². The van der Waals surface area contributed by atoms with Gasteiger partial charge in [0.1, 0.15) is 0 Å². The van der Waals surface area contributed by atoms with Crippen LogP contribution in [0.5, 0.6) is 0 Å². The molecule has 2 aromatic heterocycles. The zero-order valence-corrected chi connectivity index (χ0v) is 34.4. The van der Waals surface area contributed by atoms with Gasteiger partial charge in [-0.3, -0.25) is 4.98 Å². The fraction of sp³-hybridized carbons (Fsp3) is 0.0690. The minimum absolute atomic E-state index is 0.958. The fourth-order valence-electron chi connectivity index (χ4n) is 8.89. The molecule has 2 heterocycles. The molecule has 0 N–H and O–H groups in total. The van der Waals surface area contributed by atoms with Crippen LogP contribution in [0.15, 0.2) is 194 Å². The molecule has 0 amide bonds. The van der Waals surface area contributed by atoms with Crippen LogP contribution in [0.25, 0.3) is 99.8 Å². The Bertz CT molecular complexity index is 3210. The van der Waals surface area contributed by atoms with Crippen molar-refractivity contribution in [3.63, 3.8) is 0 Å². The Balaban J connectivity index is 1.21. The Morgan fingerprint density at radius 2 is 0.683 bits per heavy atom. The maximum absolute atomic E-state index is 5.58. The van der Waals surface area contributed by atoms with E-state index in [1.807, 2.05) is 0 Å². The molecule has 286 valence electrons. The molecule has 0 spiro atoms. The molecule has 0 saturated heterocycles. The molecule has 0 aliphatic heterocycles. The summed E-state index contributed by atoms with van der Waals surface area (Å²) in [5.41, 5.74) is 22.9. The summed E-state index contributed by atoms with van der Waals surface area (Å²) in [6.07, 6.45) is 0. The first-order chi connectivity index (χ1) is 29.4. The molecule has 0 unspecified atom stereocenters. The van der Waals surface area contributed by atoms with Crippen LogP contribution in [0, 0.1) is 27.7 Å². The molecule has 0 aliphatic carbocycles. The highest BCUT2D eigenvalue weighted by molar-refractivity contribution is 6.09. The molecule has 10 rings (SSSR count). The van der Waals surface area contributed by atoms with E-state index in [9.17, 15) is 0 Å². The molecule has 8 aromatic carbocycles. The van der Waals surface area contributed by atoms with Gasteiger partial charge in [0.05, 0.1) is 16.7 Å². The van der Waals surface area contributed by atoms with Gasteiger partial charge >= 0.3 is 0 Å². The van der Waals surface area contributed by atoms with Gasteiger partial charge in [0.2, 0.25) is 0 Å². The van der Waals surface area contributed by atoms with Crippen molar-refractivity contribution in [2.75, 3.05) is 0 Å². The van der Waals surface area contributed by atoms with Gasteiger partial charge < -0.3 is 0 Å². The highest BCUT2D eigenvalue weighted by Crippen LogP contribution is 2.46. The van der Waals surface area contributed by atoms with Gasteiger partial charge in [-0.15, -0.1) is 0 Å². The van der Waals surface area contributed by atoms with E-state index in [2.05, 4.69) is 222 Å². The average molecular weight is 769 g/mol. The van der Waals surface area contributed by atoms with Crippen molar-refractivity contribution < 1.29 is 0 Å². The third-order valence-electron chi connectivity index (χ3n) is 12.1. The monoisotopic (exact) mass is 768 g/mol. The summed E-state index contributed by atoms with van der Waals surface area (Å²) in [7, 11) is 0. The van der Waals surface area contributed by atoms with Crippen molar-refractivity contribution in [3.05, 3.63) is 217 Å². The van der Waals surface area contributed by atoms with Crippen LogP contribution in [0.1, 0.15) is 22.4 Å². The van der Waals surface area contributed by atoms with Gasteiger partial charge in [-0.1, -0.05) is 170 Å². The Morgan fingerprint density at radius 3 is 1.18 bits per heavy atom. The summed E-state index contributed by atoms with van der Waals surface area (Å²) in [5, 5.41) is 2.24. The number of aromatic nitrogens is 2. The number of nitrogens with zero attached hydrogens (tertiary/aromatic N) is 2. The molecule has 0 radical (unpaired) electrons. The topological polar surface area (TPSA) is 25.8 Å². The molecule has 2 heteroatoms. The van der Waals surface area contributed by atoms with Crippen LogP contribution in [-0.4, -0.2) is 9.97 Å². The second-order valence-electron chi connectivity index (χ2n) is 15.9. The van der Waals surface area contributed by atoms with Crippen LogP contribution in [-0.2, 0) is 0 Å². The zero-order valence-electron chi connectivity index (χ0n) is 34.4. The lowest BCUT2D eigenvalue weighted by molar-refractivity contribution is 1.26. The summed E-state index contributed by atoms with van der Waals surface area (Å²) in [6, 6.07) is 70.1. The van der Waals surface area contributed by atoms with Crippen LogP contribution in [0.4, 0.5) is 0 Å². The second kappa shape index (κ2) is 15.4. The molecule has 2 nitrogen and oxygen atoms in total. The molecule has 0 atom stereocenters. The Morgan fingerprint density at radius 1 is 0.283 bits per heavy atom. The van der Waals surface area contributed by atoms with E-state index in [0.717, 1.165) is 77.7 Å². The van der Waals surface area contributed by atoms with E-state index >= 15 is 0 Å². The van der Waals surface area contributed by atoms with Crippen LogP contribution in [0.3, 0.4) is 0 Å². The number of pyridine rings is 2. The molecule has 0 fully saturated rings. The van der Waals surface area contributed by atoms with E-state index in [-0.39, 0.29) is 0 Å². The van der Waals surface area contributed by atoms with Crippen molar-refractivity contribution in [2.24, 2.45) is 0 Å². The van der Waals surface area contributed by atoms with Crippen LogP contribution < -0.4 is 0 Å². The maximum atomic E-state index is 5.58. The molecule has 0 bridgehead atoms. The van der Waals surface area contributed by atoms with E-state index < -0.39 is 0 Å². The largest absolute Gasteiger partial charge is 0.252 e. The summed E-state index contributed by atoms with van der Waals surface area (Å²) in [5.74, 6) is 0. The first kappa shape index (κ1) is 36.9. The Labute approximate surface area is 352 Å². The van der Waals surface area contributed by atoms with Crippen LogP contribution in [0.2, 0.25) is 0 Å². The first-order valence-corrected chi connectivity index (χ1v) is 20.7. The average Bonchev–Trinajstić information content (AvgIpc) is 3.29. The standard InChI is InChI=1S/C58H44N2/c1-37-25-26-45(33-38(37)2)46-27-30-49(39(3)34-46)58-57(44-23-15-8-16-24-44)56(43-21-13-7-14-22-43)51-36-48(29-32-53(51)60-58)47-28-31-52-50(35-47)55(42-19-11-6-12-20-42)54(40(4)59-52)41-17-9-5-10-18-41/h5-36H,1-4H3. The molecule has 0 saturated carbocycles. The predicted molar refractivity (Wildman–Crippen MR) is 254 cm³/mol. The van der Waals surface area contributed by atoms with Crippen molar-refractivity contribution in [1.82, 2.24) is 9.97 Å². The number of benzene rings is 8. The minimum atomic E-state index is 0.958. The minimum Gasteiger partial charge on any atom is -0.252 e. The molecule has 0 aliphatic rings. The third-order valence-corrected chi connectivity index (χ3v) is 12.1. The van der Waals surface area contributed by atoms with Gasteiger partial charge in [0, 0.05) is 44.3 Å². The SMILES string of the molecule is Cc1ccc(-c2ccc(-c3nc4ccc(-c5ccc6nc(C)c(-c7ccccc7)c(-c7ccccc7)c6c5)cc4c(-c4ccccc4)c3-c3ccccc3)c(C)c2)cc1C. The number of hydrogen-bond donors (Lipinski definition) is 0. The van der Waals surface area contributed by atoms with Crippen molar-refractivity contribution in [3.8, 4) is 78.0 Å². The normalized spacial score (nSPS) is 11.3. The lowest BCUT2D eigenvalue weighted by Gasteiger charge is -2.21. The lowest BCUT2D eigenvalue weighted by Crippen LogP contribution is -1.98. The van der Waals surface area contributed by atoms with E-state index in [0.29, 0.717) is 0 Å². The first-order valence-electron chi connectivity index (χ1n) is 20.7. The molecular weight excluding hydrogens is 725 g/mol. The quantitative estimate of drug-likeness (QED) is 0.161. The van der Waals surface area contributed by atoms with Gasteiger partial charge in [0.15, 0.2) is 0 Å². The Kier molecular flexibility index (Phi) is 9.47. The Hall–Kier alpha value is -7.42. The smallest absolute Gasteiger partial charge is 0.0796 e. The van der Waals surface area contributed by atoms with Crippen molar-refractivity contribution in [2.45, 2.75) is 27.7 Å². The summed E-state index contributed by atoms with van der Waals surface area (Å²) < 4.78 is 0. The van der Waals surface area contributed by atoms with Crippen molar-refractivity contribution >= 4 is 21.8 Å². The second-order valence-corrected chi connectivity index (χ2v) is 15.9. The third kappa shape index (κ3) is 6.67. The summed E-state index contributed by atoms with van der Waals surface area (Å²) >= 11 is 0. The van der Waals surface area contributed by atoms with Crippen molar-refractivity contribution in [1.29, 1.82) is 0 Å². The van der Waals surface area contributed by atoms with Gasteiger partial charge in [0.25, 0.3) is 0 Å².